The summed E-state index contributed by atoms with van der Waals surface area (Å²) in [6, 6.07) is 11.7. The van der Waals surface area contributed by atoms with Gasteiger partial charge >= 0.3 is 12.4 Å². The van der Waals surface area contributed by atoms with Crippen LogP contribution in [0.2, 0.25) is 0 Å². The average molecular weight is 456 g/mol. The van der Waals surface area contributed by atoms with Crippen LogP contribution in [0.1, 0.15) is 27.0 Å². The second-order valence-corrected chi connectivity index (χ2v) is 6.56. The Balaban J connectivity index is 1.86. The predicted octanol–water partition coefficient (Wildman–Crippen LogP) is 4.77. The molecule has 5 nitrogen and oxygen atoms in total. The van der Waals surface area contributed by atoms with Gasteiger partial charge in [-0.25, -0.2) is 0 Å². The van der Waals surface area contributed by atoms with Crippen LogP contribution in [0.25, 0.3) is 0 Å². The van der Waals surface area contributed by atoms with Crippen molar-refractivity contribution < 1.29 is 36.0 Å². The van der Waals surface area contributed by atoms with Crippen molar-refractivity contribution in [1.29, 1.82) is 0 Å². The molecule has 0 bridgehead atoms. The number of anilines is 1. The highest BCUT2D eigenvalue weighted by atomic mass is 19.4. The minimum absolute atomic E-state index is 0.0195. The molecule has 3 aromatic rings. The Morgan fingerprint density at radius 2 is 1.47 bits per heavy atom. The van der Waals surface area contributed by atoms with Crippen molar-refractivity contribution >= 4 is 11.6 Å². The number of hydrogen-bond acceptors (Lipinski definition) is 3. The summed E-state index contributed by atoms with van der Waals surface area (Å²) < 4.78 is 78.7. The Labute approximate surface area is 176 Å². The summed E-state index contributed by atoms with van der Waals surface area (Å²) in [5.41, 5.74) is -4.72. The molecule has 1 N–H and O–H groups in total. The molecule has 0 fully saturated rings. The van der Waals surface area contributed by atoms with Crippen LogP contribution in [-0.2, 0) is 19.0 Å². The van der Waals surface area contributed by atoms with Crippen LogP contribution in [0.15, 0.2) is 71.7 Å². The van der Waals surface area contributed by atoms with E-state index in [0.717, 1.165) is 16.4 Å². The number of rotatable bonds is 5. The summed E-state index contributed by atoms with van der Waals surface area (Å²) >= 11 is 0. The van der Waals surface area contributed by atoms with Crippen LogP contribution in [0.4, 0.5) is 32.0 Å². The van der Waals surface area contributed by atoms with Crippen molar-refractivity contribution in [2.45, 2.75) is 19.0 Å². The number of pyridine rings is 1. The molecule has 0 saturated heterocycles. The van der Waals surface area contributed by atoms with Crippen LogP contribution >= 0.6 is 0 Å². The van der Waals surface area contributed by atoms with E-state index < -0.39 is 46.2 Å². The van der Waals surface area contributed by atoms with E-state index in [0.29, 0.717) is 12.1 Å². The standard InChI is InChI=1S/C21H14F6N2O3/c22-20(23,24)14-9-15(21(25,26)27)11-16(10-14)28-18(30)17-7-4-8-29(19(17)31)32-12-13-5-2-1-3-6-13/h1-11H,12H2,(H,28,30). The quantitative estimate of drug-likeness (QED) is 0.563. The maximum absolute atomic E-state index is 13.0. The predicted molar refractivity (Wildman–Crippen MR) is 102 cm³/mol. The fourth-order valence-electron chi connectivity index (χ4n) is 2.69. The molecule has 0 spiro atoms. The fourth-order valence-corrected chi connectivity index (χ4v) is 2.69. The molecule has 0 aliphatic rings. The van der Waals surface area contributed by atoms with E-state index in [-0.39, 0.29) is 12.7 Å². The number of nitrogens with zero attached hydrogens (tertiary/aromatic N) is 1. The molecule has 3 rings (SSSR count). The molecule has 0 aliphatic heterocycles. The van der Waals surface area contributed by atoms with Crippen LogP contribution in [-0.4, -0.2) is 10.6 Å². The summed E-state index contributed by atoms with van der Waals surface area (Å²) in [7, 11) is 0. The van der Waals surface area contributed by atoms with Gasteiger partial charge in [0, 0.05) is 11.9 Å². The van der Waals surface area contributed by atoms with E-state index in [2.05, 4.69) is 0 Å². The number of aromatic nitrogens is 1. The molecule has 0 unspecified atom stereocenters. The monoisotopic (exact) mass is 456 g/mol. The lowest BCUT2D eigenvalue weighted by Gasteiger charge is -2.15. The fraction of sp³-hybridized carbons (Fsp3) is 0.143. The lowest BCUT2D eigenvalue weighted by molar-refractivity contribution is -0.143. The molecule has 11 heteroatoms. The van der Waals surface area contributed by atoms with Crippen LogP contribution in [0.5, 0.6) is 0 Å². The van der Waals surface area contributed by atoms with Crippen molar-refractivity contribution in [3.8, 4) is 0 Å². The van der Waals surface area contributed by atoms with E-state index in [9.17, 15) is 35.9 Å². The molecule has 0 aliphatic carbocycles. The van der Waals surface area contributed by atoms with Gasteiger partial charge in [0.25, 0.3) is 11.5 Å². The summed E-state index contributed by atoms with van der Waals surface area (Å²) in [4.78, 5) is 30.3. The van der Waals surface area contributed by atoms with Gasteiger partial charge in [-0.1, -0.05) is 30.3 Å². The van der Waals surface area contributed by atoms with Gasteiger partial charge in [0.1, 0.15) is 12.2 Å². The molecule has 168 valence electrons. The molecule has 1 aromatic heterocycles. The molecule has 0 saturated carbocycles. The molecule has 1 heterocycles. The minimum atomic E-state index is -5.08. The van der Waals surface area contributed by atoms with Crippen LogP contribution in [0.3, 0.4) is 0 Å². The molecule has 0 atom stereocenters. The van der Waals surface area contributed by atoms with E-state index >= 15 is 0 Å². The molecule has 0 radical (unpaired) electrons. The highest BCUT2D eigenvalue weighted by Gasteiger charge is 2.37. The van der Waals surface area contributed by atoms with Gasteiger partial charge in [0.2, 0.25) is 0 Å². The van der Waals surface area contributed by atoms with Gasteiger partial charge in [0.05, 0.1) is 11.1 Å². The normalized spacial score (nSPS) is 11.8. The van der Waals surface area contributed by atoms with Crippen molar-refractivity contribution in [3.05, 3.63) is 99.5 Å². The Hall–Kier alpha value is -3.76. The van der Waals surface area contributed by atoms with Crippen molar-refractivity contribution in [2.24, 2.45) is 0 Å². The number of amides is 1. The van der Waals surface area contributed by atoms with Gasteiger partial charge in [-0.3, -0.25) is 9.59 Å². The Morgan fingerprint density at radius 3 is 2.03 bits per heavy atom. The first-order valence-electron chi connectivity index (χ1n) is 8.95. The minimum Gasteiger partial charge on any atom is -0.406 e. The Bertz CT molecular complexity index is 1140. The number of alkyl halides is 6. The molecule has 1 amide bonds. The molecule has 2 aromatic carbocycles. The number of nitrogens with one attached hydrogen (secondary N) is 1. The summed E-state index contributed by atoms with van der Waals surface area (Å²) in [5, 5.41) is 1.92. The van der Waals surface area contributed by atoms with E-state index in [4.69, 9.17) is 4.84 Å². The topological polar surface area (TPSA) is 60.3 Å². The molecular weight excluding hydrogens is 442 g/mol. The second-order valence-electron chi connectivity index (χ2n) is 6.56. The highest BCUT2D eigenvalue weighted by molar-refractivity contribution is 6.04. The Kier molecular flexibility index (Phi) is 6.28. The number of benzene rings is 2. The maximum Gasteiger partial charge on any atom is 0.416 e. The van der Waals surface area contributed by atoms with Gasteiger partial charge < -0.3 is 10.2 Å². The van der Waals surface area contributed by atoms with Crippen molar-refractivity contribution in [2.75, 3.05) is 5.32 Å². The first-order valence-corrected chi connectivity index (χ1v) is 8.95. The zero-order valence-corrected chi connectivity index (χ0v) is 16.0. The summed E-state index contributed by atoms with van der Waals surface area (Å²) in [6.07, 6.45) is -8.94. The van der Waals surface area contributed by atoms with E-state index in [1.54, 1.807) is 30.3 Å². The first kappa shape index (κ1) is 22.9. The summed E-state index contributed by atoms with van der Waals surface area (Å²) in [6.45, 7) is -0.0195. The third kappa shape index (κ3) is 5.48. The van der Waals surface area contributed by atoms with Crippen molar-refractivity contribution in [3.63, 3.8) is 0 Å². The van der Waals surface area contributed by atoms with Gasteiger partial charge in [0.15, 0.2) is 0 Å². The molecular formula is C21H14F6N2O3. The molecule has 32 heavy (non-hydrogen) atoms. The first-order chi connectivity index (χ1) is 14.9. The zero-order chi connectivity index (χ0) is 23.5. The van der Waals surface area contributed by atoms with E-state index in [1.165, 1.54) is 12.3 Å². The van der Waals surface area contributed by atoms with Gasteiger partial charge in [-0.15, -0.1) is 0 Å². The third-order valence-electron chi connectivity index (χ3n) is 4.22. The number of hydrogen-bond donors (Lipinski definition) is 1. The SMILES string of the molecule is O=C(Nc1cc(C(F)(F)F)cc(C(F)(F)F)c1)c1cccn(OCc2ccccc2)c1=O. The van der Waals surface area contributed by atoms with Gasteiger partial charge in [-0.05, 0) is 35.9 Å². The summed E-state index contributed by atoms with van der Waals surface area (Å²) in [5.74, 6) is -1.19. The van der Waals surface area contributed by atoms with Crippen LogP contribution < -0.4 is 15.7 Å². The number of carbonyl (C=O) groups is 1. The zero-order valence-electron chi connectivity index (χ0n) is 16.0. The Morgan fingerprint density at radius 1 is 0.875 bits per heavy atom. The van der Waals surface area contributed by atoms with Crippen molar-refractivity contribution in [1.82, 2.24) is 4.73 Å². The average Bonchev–Trinajstić information content (AvgIpc) is 2.72. The second kappa shape index (κ2) is 8.77. The van der Waals surface area contributed by atoms with Crippen LogP contribution in [0, 0.1) is 0 Å². The highest BCUT2D eigenvalue weighted by Crippen LogP contribution is 2.37. The largest absolute Gasteiger partial charge is 0.416 e. The third-order valence-corrected chi connectivity index (χ3v) is 4.22. The number of halogens is 6. The maximum atomic E-state index is 13.0. The lowest BCUT2D eigenvalue weighted by Crippen LogP contribution is -2.32. The van der Waals surface area contributed by atoms with Gasteiger partial charge in [-0.2, -0.15) is 31.1 Å². The number of carbonyl (C=O) groups excluding carboxylic acids is 1. The van der Waals surface area contributed by atoms with E-state index in [1.807, 2.05) is 5.32 Å². The smallest absolute Gasteiger partial charge is 0.406 e. The lowest BCUT2D eigenvalue weighted by atomic mass is 10.1.